The molecule has 26 heavy (non-hydrogen) atoms. The van der Waals surface area contributed by atoms with E-state index in [-0.39, 0.29) is 11.9 Å². The summed E-state index contributed by atoms with van der Waals surface area (Å²) in [4.78, 5) is 12.5. The summed E-state index contributed by atoms with van der Waals surface area (Å²) in [7, 11) is 0. The molecule has 0 saturated heterocycles. The lowest BCUT2D eigenvalue weighted by atomic mass is 10.1. The van der Waals surface area contributed by atoms with Crippen molar-refractivity contribution in [3.8, 4) is 11.3 Å². The Morgan fingerprint density at radius 2 is 2.08 bits per heavy atom. The Hall–Kier alpha value is -2.97. The molecule has 8 nitrogen and oxygen atoms in total. The molecule has 0 aliphatic carbocycles. The first kappa shape index (κ1) is 16.5. The zero-order chi connectivity index (χ0) is 18.3. The van der Waals surface area contributed by atoms with Crippen molar-refractivity contribution in [3.63, 3.8) is 0 Å². The molecule has 0 unspecified atom stereocenters. The van der Waals surface area contributed by atoms with Gasteiger partial charge in [0.15, 0.2) is 0 Å². The van der Waals surface area contributed by atoms with Crippen molar-refractivity contribution in [1.29, 1.82) is 0 Å². The standard InChI is InChI=1S/C16H10Cl2N6O2/c1-8-11(15(25)24(21-8)16-19-22-23-20-16)7-9-5-6-13(26-9)10-3-2-4-12(17)14(10)18/h2-7H,1H3,(H,19,20,22,23). The van der Waals surface area contributed by atoms with E-state index in [1.54, 1.807) is 43.3 Å². The molecule has 2 aromatic heterocycles. The lowest BCUT2D eigenvalue weighted by Crippen LogP contribution is -2.22. The normalized spacial score (nSPS) is 15.8. The highest BCUT2D eigenvalue weighted by Crippen LogP contribution is 2.34. The minimum Gasteiger partial charge on any atom is -0.457 e. The third kappa shape index (κ3) is 2.79. The second kappa shape index (κ2) is 6.40. The number of carbonyl (C=O) groups is 1. The van der Waals surface area contributed by atoms with Crippen LogP contribution in [-0.4, -0.2) is 32.2 Å². The van der Waals surface area contributed by atoms with E-state index in [4.69, 9.17) is 27.6 Å². The van der Waals surface area contributed by atoms with Gasteiger partial charge in [-0.15, -0.1) is 5.10 Å². The highest BCUT2D eigenvalue weighted by atomic mass is 35.5. The first-order chi connectivity index (χ1) is 12.5. The van der Waals surface area contributed by atoms with Gasteiger partial charge in [-0.1, -0.05) is 34.4 Å². The molecule has 1 aliphatic rings. The first-order valence-corrected chi connectivity index (χ1v) is 8.19. The summed E-state index contributed by atoms with van der Waals surface area (Å²) in [5.41, 5.74) is 1.55. The van der Waals surface area contributed by atoms with Crippen LogP contribution in [0.1, 0.15) is 12.7 Å². The Morgan fingerprint density at radius 3 is 2.85 bits per heavy atom. The van der Waals surface area contributed by atoms with E-state index in [0.717, 1.165) is 5.01 Å². The number of tetrazole rings is 1. The maximum Gasteiger partial charge on any atom is 0.293 e. The van der Waals surface area contributed by atoms with Crippen LogP contribution in [0.15, 0.2) is 45.4 Å². The van der Waals surface area contributed by atoms with E-state index in [0.29, 0.717) is 38.4 Å². The molecule has 1 aromatic carbocycles. The molecule has 0 spiro atoms. The molecule has 3 heterocycles. The zero-order valence-corrected chi connectivity index (χ0v) is 14.8. The Bertz CT molecular complexity index is 1050. The van der Waals surface area contributed by atoms with E-state index in [9.17, 15) is 4.79 Å². The molecule has 0 atom stereocenters. The molecule has 1 aliphatic heterocycles. The van der Waals surface area contributed by atoms with Gasteiger partial charge in [0, 0.05) is 5.56 Å². The van der Waals surface area contributed by atoms with Crippen LogP contribution >= 0.6 is 23.2 Å². The zero-order valence-electron chi connectivity index (χ0n) is 13.3. The second-order valence-electron chi connectivity index (χ2n) is 5.38. The number of hydrogen-bond acceptors (Lipinski definition) is 6. The van der Waals surface area contributed by atoms with E-state index >= 15 is 0 Å². The molecule has 0 fully saturated rings. The fourth-order valence-corrected chi connectivity index (χ4v) is 2.87. The number of aromatic amines is 1. The maximum atomic E-state index is 12.5. The number of H-pyrrole nitrogens is 1. The summed E-state index contributed by atoms with van der Waals surface area (Å²) < 4.78 is 5.80. The number of furan rings is 1. The van der Waals surface area contributed by atoms with Crippen molar-refractivity contribution >= 4 is 46.8 Å². The van der Waals surface area contributed by atoms with Gasteiger partial charge in [-0.3, -0.25) is 4.79 Å². The number of benzene rings is 1. The van der Waals surface area contributed by atoms with Gasteiger partial charge in [0.05, 0.1) is 21.3 Å². The fourth-order valence-electron chi connectivity index (χ4n) is 2.48. The molecule has 0 radical (unpaired) electrons. The van der Waals surface area contributed by atoms with Crippen LogP contribution in [0.2, 0.25) is 10.0 Å². The van der Waals surface area contributed by atoms with Crippen LogP contribution in [0.4, 0.5) is 5.95 Å². The van der Waals surface area contributed by atoms with E-state index in [1.165, 1.54) is 0 Å². The van der Waals surface area contributed by atoms with Gasteiger partial charge >= 0.3 is 0 Å². The molecule has 130 valence electrons. The lowest BCUT2D eigenvalue weighted by molar-refractivity contribution is -0.114. The number of carbonyl (C=O) groups excluding carboxylic acids is 1. The number of nitrogens with zero attached hydrogens (tertiary/aromatic N) is 5. The maximum absolute atomic E-state index is 12.5. The number of hydrogen-bond donors (Lipinski definition) is 1. The number of anilines is 1. The molecule has 1 N–H and O–H groups in total. The third-order valence-corrected chi connectivity index (χ3v) is 4.54. The quantitative estimate of drug-likeness (QED) is 0.691. The van der Waals surface area contributed by atoms with E-state index in [2.05, 4.69) is 25.7 Å². The van der Waals surface area contributed by atoms with Crippen LogP contribution < -0.4 is 5.01 Å². The van der Waals surface area contributed by atoms with Crippen LogP contribution in [0.5, 0.6) is 0 Å². The summed E-state index contributed by atoms with van der Waals surface area (Å²) >= 11 is 12.3. The van der Waals surface area contributed by atoms with Crippen molar-refractivity contribution in [2.45, 2.75) is 6.92 Å². The van der Waals surface area contributed by atoms with Crippen molar-refractivity contribution in [3.05, 3.63) is 51.7 Å². The minimum atomic E-state index is -0.373. The van der Waals surface area contributed by atoms with Gasteiger partial charge in [-0.05, 0) is 42.5 Å². The molecular formula is C16H10Cl2N6O2. The van der Waals surface area contributed by atoms with Gasteiger partial charge in [0.1, 0.15) is 11.5 Å². The van der Waals surface area contributed by atoms with E-state index < -0.39 is 0 Å². The summed E-state index contributed by atoms with van der Waals surface area (Å²) in [6, 6.07) is 8.77. The average Bonchev–Trinajstić information content (AvgIpc) is 3.35. The molecule has 4 rings (SSSR count). The molecule has 3 aromatic rings. The van der Waals surface area contributed by atoms with Crippen molar-refractivity contribution < 1.29 is 9.21 Å². The third-order valence-electron chi connectivity index (χ3n) is 3.72. The van der Waals surface area contributed by atoms with E-state index in [1.807, 2.05) is 0 Å². The number of amides is 1. The van der Waals surface area contributed by atoms with Gasteiger partial charge < -0.3 is 4.42 Å². The number of aromatic nitrogens is 4. The Labute approximate surface area is 157 Å². The van der Waals surface area contributed by atoms with Crippen molar-refractivity contribution in [2.75, 3.05) is 5.01 Å². The number of rotatable bonds is 3. The summed E-state index contributed by atoms with van der Waals surface area (Å²) in [5, 5.41) is 19.3. The summed E-state index contributed by atoms with van der Waals surface area (Å²) in [6.45, 7) is 1.71. The highest BCUT2D eigenvalue weighted by Gasteiger charge is 2.31. The molecular weight excluding hydrogens is 379 g/mol. The van der Waals surface area contributed by atoms with Gasteiger partial charge in [-0.25, -0.2) is 0 Å². The molecule has 0 saturated carbocycles. The van der Waals surface area contributed by atoms with Gasteiger partial charge in [0.2, 0.25) is 0 Å². The highest BCUT2D eigenvalue weighted by molar-refractivity contribution is 6.43. The molecule has 0 bridgehead atoms. The Morgan fingerprint density at radius 1 is 1.23 bits per heavy atom. The number of hydrazone groups is 1. The summed E-state index contributed by atoms with van der Waals surface area (Å²) in [6.07, 6.45) is 1.60. The van der Waals surface area contributed by atoms with Crippen LogP contribution in [-0.2, 0) is 4.79 Å². The largest absolute Gasteiger partial charge is 0.457 e. The molecule has 1 amide bonds. The monoisotopic (exact) mass is 388 g/mol. The van der Waals surface area contributed by atoms with Crippen molar-refractivity contribution in [1.82, 2.24) is 20.6 Å². The second-order valence-corrected chi connectivity index (χ2v) is 6.16. The smallest absolute Gasteiger partial charge is 0.293 e. The lowest BCUT2D eigenvalue weighted by Gasteiger charge is -2.04. The summed E-state index contributed by atoms with van der Waals surface area (Å²) in [5.74, 6) is 0.717. The van der Waals surface area contributed by atoms with Gasteiger partial charge in [0.25, 0.3) is 11.9 Å². The first-order valence-electron chi connectivity index (χ1n) is 7.44. The predicted octanol–water partition coefficient (Wildman–Crippen LogP) is 3.57. The topological polar surface area (TPSA) is 100 Å². The van der Waals surface area contributed by atoms with Crippen molar-refractivity contribution in [2.24, 2.45) is 5.10 Å². The number of nitrogens with one attached hydrogen (secondary N) is 1. The van der Waals surface area contributed by atoms with Crippen LogP contribution in [0.3, 0.4) is 0 Å². The Balaban J connectivity index is 1.66. The SMILES string of the molecule is CC1=NN(c2nn[nH]n2)C(=O)C1=Cc1ccc(-c2cccc(Cl)c2Cl)o1. The fraction of sp³-hybridized carbons (Fsp3) is 0.0625. The Kier molecular flexibility index (Phi) is 4.06. The van der Waals surface area contributed by atoms with Crippen LogP contribution in [0, 0.1) is 0 Å². The average molecular weight is 389 g/mol. The molecule has 10 heteroatoms. The minimum absolute atomic E-state index is 0.0728. The number of halogens is 2. The van der Waals surface area contributed by atoms with Gasteiger partial charge in [-0.2, -0.15) is 15.3 Å². The predicted molar refractivity (Wildman–Crippen MR) is 96.9 cm³/mol. The van der Waals surface area contributed by atoms with Crippen LogP contribution in [0.25, 0.3) is 17.4 Å².